The zero-order chi connectivity index (χ0) is 14.5. The van der Waals surface area contributed by atoms with Crippen LogP contribution >= 0.6 is 0 Å². The van der Waals surface area contributed by atoms with E-state index in [9.17, 15) is 4.79 Å². The molecule has 20 heavy (non-hydrogen) atoms. The van der Waals surface area contributed by atoms with Gasteiger partial charge in [-0.25, -0.2) is 0 Å². The lowest BCUT2D eigenvalue weighted by atomic mass is 10.0. The normalized spacial score (nSPS) is 10.6. The van der Waals surface area contributed by atoms with Crippen molar-refractivity contribution in [1.29, 1.82) is 0 Å². The van der Waals surface area contributed by atoms with Gasteiger partial charge in [0.1, 0.15) is 0 Å². The second-order valence-electron chi connectivity index (χ2n) is 5.52. The summed E-state index contributed by atoms with van der Waals surface area (Å²) in [6.07, 6.45) is 0. The predicted octanol–water partition coefficient (Wildman–Crippen LogP) is 4.08. The van der Waals surface area contributed by atoms with E-state index in [1.54, 1.807) is 4.90 Å². The molecule has 0 heterocycles. The third kappa shape index (κ3) is 3.47. The Labute approximate surface area is 121 Å². The Morgan fingerprint density at radius 1 is 0.950 bits per heavy atom. The molecule has 0 spiro atoms. The van der Waals surface area contributed by atoms with Crippen molar-refractivity contribution in [1.82, 2.24) is 4.90 Å². The van der Waals surface area contributed by atoms with Gasteiger partial charge in [-0.15, -0.1) is 0 Å². The van der Waals surface area contributed by atoms with Crippen LogP contribution in [0.25, 0.3) is 11.1 Å². The predicted molar refractivity (Wildman–Crippen MR) is 83.7 cm³/mol. The number of rotatable bonds is 4. The Morgan fingerprint density at radius 3 is 2.05 bits per heavy atom. The number of hydrogen-bond acceptors (Lipinski definition) is 1. The van der Waals surface area contributed by atoms with Gasteiger partial charge in [-0.2, -0.15) is 0 Å². The fourth-order valence-electron chi connectivity index (χ4n) is 2.29. The molecule has 0 bridgehead atoms. The zero-order valence-electron chi connectivity index (χ0n) is 12.3. The lowest BCUT2D eigenvalue weighted by molar-refractivity contribution is 0.0779. The first-order valence-corrected chi connectivity index (χ1v) is 6.99. The number of nitrogens with zero attached hydrogens (tertiary/aromatic N) is 1. The lowest BCUT2D eigenvalue weighted by Gasteiger charge is -2.19. The van der Waals surface area contributed by atoms with Gasteiger partial charge < -0.3 is 4.90 Å². The lowest BCUT2D eigenvalue weighted by Crippen LogP contribution is -2.30. The van der Waals surface area contributed by atoms with Crippen LogP contribution in [-0.2, 0) is 0 Å². The van der Waals surface area contributed by atoms with E-state index in [2.05, 4.69) is 26.0 Å². The Balaban J connectivity index is 2.14. The minimum absolute atomic E-state index is 0.0818. The summed E-state index contributed by atoms with van der Waals surface area (Å²) in [7, 11) is 1.85. The number of amides is 1. The molecule has 2 rings (SSSR count). The maximum atomic E-state index is 12.3. The van der Waals surface area contributed by atoms with Crippen LogP contribution in [-0.4, -0.2) is 24.4 Å². The molecule has 1 amide bonds. The molecule has 0 fully saturated rings. The standard InChI is InChI=1S/C18H21NO/c1-14(2)13-19(3)18(20)17-11-9-16(10-12-17)15-7-5-4-6-8-15/h4-12,14H,13H2,1-3H3. The van der Waals surface area contributed by atoms with E-state index in [0.29, 0.717) is 5.92 Å². The quantitative estimate of drug-likeness (QED) is 0.817. The molecule has 0 saturated carbocycles. The van der Waals surface area contributed by atoms with Crippen LogP contribution in [0.5, 0.6) is 0 Å². The van der Waals surface area contributed by atoms with Crippen LogP contribution < -0.4 is 0 Å². The van der Waals surface area contributed by atoms with Crippen molar-refractivity contribution in [3.05, 3.63) is 60.2 Å². The summed E-state index contributed by atoms with van der Waals surface area (Å²) >= 11 is 0. The summed E-state index contributed by atoms with van der Waals surface area (Å²) in [6, 6.07) is 18.0. The van der Waals surface area contributed by atoms with Crippen LogP contribution in [0.1, 0.15) is 24.2 Å². The van der Waals surface area contributed by atoms with Gasteiger partial charge in [-0.05, 0) is 29.2 Å². The number of benzene rings is 2. The average Bonchev–Trinajstić information content (AvgIpc) is 2.47. The van der Waals surface area contributed by atoms with Gasteiger partial charge in [-0.1, -0.05) is 56.3 Å². The van der Waals surface area contributed by atoms with Gasteiger partial charge >= 0.3 is 0 Å². The zero-order valence-corrected chi connectivity index (χ0v) is 12.3. The monoisotopic (exact) mass is 267 g/mol. The molecular weight excluding hydrogens is 246 g/mol. The highest BCUT2D eigenvalue weighted by molar-refractivity contribution is 5.94. The maximum absolute atomic E-state index is 12.3. The fraction of sp³-hybridized carbons (Fsp3) is 0.278. The Kier molecular flexibility index (Phi) is 4.57. The second kappa shape index (κ2) is 6.38. The van der Waals surface area contributed by atoms with E-state index in [0.717, 1.165) is 17.7 Å². The van der Waals surface area contributed by atoms with Crippen molar-refractivity contribution in [3.8, 4) is 11.1 Å². The van der Waals surface area contributed by atoms with Crippen molar-refractivity contribution in [2.75, 3.05) is 13.6 Å². The maximum Gasteiger partial charge on any atom is 0.253 e. The molecule has 0 aliphatic carbocycles. The largest absolute Gasteiger partial charge is 0.341 e. The van der Waals surface area contributed by atoms with E-state index >= 15 is 0 Å². The van der Waals surface area contributed by atoms with E-state index in [1.807, 2.05) is 49.5 Å². The van der Waals surface area contributed by atoms with Crippen molar-refractivity contribution in [2.24, 2.45) is 5.92 Å². The van der Waals surface area contributed by atoms with Gasteiger partial charge in [0.05, 0.1) is 0 Å². The summed E-state index contributed by atoms with van der Waals surface area (Å²) in [4.78, 5) is 14.0. The summed E-state index contributed by atoms with van der Waals surface area (Å²) < 4.78 is 0. The Morgan fingerprint density at radius 2 is 1.50 bits per heavy atom. The molecule has 0 radical (unpaired) electrons. The molecule has 2 heteroatoms. The van der Waals surface area contributed by atoms with Crippen molar-refractivity contribution in [3.63, 3.8) is 0 Å². The van der Waals surface area contributed by atoms with Crippen LogP contribution in [0.15, 0.2) is 54.6 Å². The first kappa shape index (κ1) is 14.3. The summed E-state index contributed by atoms with van der Waals surface area (Å²) in [6.45, 7) is 5.00. The van der Waals surface area contributed by atoms with Crippen LogP contribution in [0, 0.1) is 5.92 Å². The van der Waals surface area contributed by atoms with Crippen molar-refractivity contribution < 1.29 is 4.79 Å². The minimum atomic E-state index is 0.0818. The molecule has 2 aromatic rings. The first-order chi connectivity index (χ1) is 9.58. The van der Waals surface area contributed by atoms with Crippen LogP contribution in [0.4, 0.5) is 0 Å². The van der Waals surface area contributed by atoms with Gasteiger partial charge in [-0.3, -0.25) is 4.79 Å². The molecule has 2 nitrogen and oxygen atoms in total. The van der Waals surface area contributed by atoms with Gasteiger partial charge in [0, 0.05) is 19.2 Å². The molecule has 0 atom stereocenters. The third-order valence-electron chi connectivity index (χ3n) is 3.22. The third-order valence-corrected chi connectivity index (χ3v) is 3.22. The molecule has 0 unspecified atom stereocenters. The molecule has 0 aliphatic heterocycles. The van der Waals surface area contributed by atoms with E-state index < -0.39 is 0 Å². The first-order valence-electron chi connectivity index (χ1n) is 6.99. The van der Waals surface area contributed by atoms with Crippen molar-refractivity contribution >= 4 is 5.91 Å². The molecule has 0 aromatic heterocycles. The SMILES string of the molecule is CC(C)CN(C)C(=O)c1ccc(-c2ccccc2)cc1. The van der Waals surface area contributed by atoms with Crippen LogP contribution in [0.3, 0.4) is 0 Å². The van der Waals surface area contributed by atoms with Crippen molar-refractivity contribution in [2.45, 2.75) is 13.8 Å². The van der Waals surface area contributed by atoms with E-state index in [4.69, 9.17) is 0 Å². The summed E-state index contributed by atoms with van der Waals surface area (Å²) in [5.74, 6) is 0.561. The van der Waals surface area contributed by atoms with Gasteiger partial charge in [0.2, 0.25) is 0 Å². The average molecular weight is 267 g/mol. The highest BCUT2D eigenvalue weighted by Gasteiger charge is 2.12. The fourth-order valence-corrected chi connectivity index (χ4v) is 2.29. The minimum Gasteiger partial charge on any atom is -0.341 e. The summed E-state index contributed by atoms with van der Waals surface area (Å²) in [5.41, 5.74) is 3.04. The number of hydrogen-bond donors (Lipinski definition) is 0. The Hall–Kier alpha value is -2.09. The highest BCUT2D eigenvalue weighted by Crippen LogP contribution is 2.19. The van der Waals surface area contributed by atoms with E-state index in [-0.39, 0.29) is 5.91 Å². The van der Waals surface area contributed by atoms with Gasteiger partial charge in [0.25, 0.3) is 5.91 Å². The molecule has 104 valence electrons. The highest BCUT2D eigenvalue weighted by atomic mass is 16.2. The van der Waals surface area contributed by atoms with Crippen LogP contribution in [0.2, 0.25) is 0 Å². The second-order valence-corrected chi connectivity index (χ2v) is 5.52. The molecule has 0 aliphatic rings. The number of carbonyl (C=O) groups is 1. The smallest absolute Gasteiger partial charge is 0.253 e. The Bertz CT molecular complexity index is 558. The summed E-state index contributed by atoms with van der Waals surface area (Å²) in [5, 5.41) is 0. The topological polar surface area (TPSA) is 20.3 Å². The molecule has 2 aromatic carbocycles. The molecular formula is C18H21NO. The van der Waals surface area contributed by atoms with E-state index in [1.165, 1.54) is 5.56 Å². The number of carbonyl (C=O) groups excluding carboxylic acids is 1. The van der Waals surface area contributed by atoms with Gasteiger partial charge in [0.15, 0.2) is 0 Å². The molecule has 0 saturated heterocycles. The molecule has 0 N–H and O–H groups in total.